The highest BCUT2D eigenvalue weighted by atomic mass is 16.5. The van der Waals surface area contributed by atoms with Crippen LogP contribution in [0, 0.1) is 0 Å². The maximum absolute atomic E-state index is 11.2. The standard InChI is InChI=1S/C8H14N2O3/c1-5(11)10-4-6(9)3-7(10)8(12)13-2/h6-7H,3-4,9H2,1-2H3. The molecule has 0 aromatic heterocycles. The van der Waals surface area contributed by atoms with Gasteiger partial charge >= 0.3 is 5.97 Å². The first-order valence-corrected chi connectivity index (χ1v) is 4.17. The van der Waals surface area contributed by atoms with Crippen molar-refractivity contribution in [2.45, 2.75) is 25.4 Å². The number of nitrogens with two attached hydrogens (primary N) is 1. The van der Waals surface area contributed by atoms with E-state index in [1.807, 2.05) is 0 Å². The number of esters is 1. The number of hydrogen-bond acceptors (Lipinski definition) is 4. The zero-order valence-electron chi connectivity index (χ0n) is 7.82. The first-order chi connectivity index (χ1) is 6.06. The van der Waals surface area contributed by atoms with Crippen molar-refractivity contribution in [3.05, 3.63) is 0 Å². The van der Waals surface area contributed by atoms with Crippen molar-refractivity contribution in [2.75, 3.05) is 13.7 Å². The second-order valence-electron chi connectivity index (χ2n) is 3.21. The van der Waals surface area contributed by atoms with E-state index in [1.54, 1.807) is 0 Å². The summed E-state index contributed by atoms with van der Waals surface area (Å²) >= 11 is 0. The van der Waals surface area contributed by atoms with E-state index in [1.165, 1.54) is 18.9 Å². The van der Waals surface area contributed by atoms with E-state index in [0.717, 1.165) is 0 Å². The summed E-state index contributed by atoms with van der Waals surface area (Å²) in [5.41, 5.74) is 5.64. The van der Waals surface area contributed by atoms with Gasteiger partial charge in [0.25, 0.3) is 0 Å². The van der Waals surface area contributed by atoms with Gasteiger partial charge in [0.2, 0.25) is 5.91 Å². The topological polar surface area (TPSA) is 72.6 Å². The van der Waals surface area contributed by atoms with Gasteiger partial charge in [0.1, 0.15) is 6.04 Å². The van der Waals surface area contributed by atoms with Crippen molar-refractivity contribution < 1.29 is 14.3 Å². The third-order valence-corrected chi connectivity index (χ3v) is 2.21. The van der Waals surface area contributed by atoms with Gasteiger partial charge in [0, 0.05) is 19.5 Å². The normalized spacial score (nSPS) is 27.5. The van der Waals surface area contributed by atoms with Crippen LogP contribution in [0.5, 0.6) is 0 Å². The second kappa shape index (κ2) is 3.74. The van der Waals surface area contributed by atoms with Crippen molar-refractivity contribution in [1.29, 1.82) is 0 Å². The quantitative estimate of drug-likeness (QED) is 0.539. The first kappa shape index (κ1) is 9.98. The average molecular weight is 186 g/mol. The molecule has 0 aromatic carbocycles. The van der Waals surface area contributed by atoms with Crippen LogP contribution >= 0.6 is 0 Å². The smallest absolute Gasteiger partial charge is 0.328 e. The molecule has 0 bridgehead atoms. The van der Waals surface area contributed by atoms with Crippen molar-refractivity contribution in [3.8, 4) is 0 Å². The summed E-state index contributed by atoms with van der Waals surface area (Å²) < 4.78 is 4.57. The van der Waals surface area contributed by atoms with Crippen molar-refractivity contribution in [2.24, 2.45) is 5.73 Å². The third kappa shape index (κ3) is 1.98. The molecule has 2 unspecified atom stereocenters. The Morgan fingerprint density at radius 1 is 1.54 bits per heavy atom. The minimum Gasteiger partial charge on any atom is -0.467 e. The van der Waals surface area contributed by atoms with Crippen molar-refractivity contribution in [1.82, 2.24) is 4.90 Å². The number of likely N-dealkylation sites (tertiary alicyclic amines) is 1. The van der Waals surface area contributed by atoms with E-state index in [9.17, 15) is 9.59 Å². The molecular formula is C8H14N2O3. The summed E-state index contributed by atoms with van der Waals surface area (Å²) in [6, 6.07) is -0.606. The molecule has 0 radical (unpaired) electrons. The molecule has 1 heterocycles. The molecule has 5 nitrogen and oxygen atoms in total. The fourth-order valence-corrected chi connectivity index (χ4v) is 1.58. The zero-order valence-corrected chi connectivity index (χ0v) is 7.82. The zero-order chi connectivity index (χ0) is 10.0. The maximum Gasteiger partial charge on any atom is 0.328 e. The van der Waals surface area contributed by atoms with Crippen molar-refractivity contribution >= 4 is 11.9 Å². The Bertz CT molecular complexity index is 229. The Kier molecular flexibility index (Phi) is 2.87. The fourth-order valence-electron chi connectivity index (χ4n) is 1.58. The van der Waals surface area contributed by atoms with Gasteiger partial charge in [-0.2, -0.15) is 0 Å². The third-order valence-electron chi connectivity index (χ3n) is 2.21. The summed E-state index contributed by atoms with van der Waals surface area (Å²) in [7, 11) is 1.31. The molecule has 1 rings (SSSR count). The molecule has 5 heteroatoms. The molecule has 1 amide bonds. The molecule has 13 heavy (non-hydrogen) atoms. The first-order valence-electron chi connectivity index (χ1n) is 4.17. The lowest BCUT2D eigenvalue weighted by molar-refractivity contribution is -0.150. The van der Waals surface area contributed by atoms with Gasteiger partial charge in [-0.25, -0.2) is 4.79 Å². The number of nitrogens with zero attached hydrogens (tertiary/aromatic N) is 1. The van der Waals surface area contributed by atoms with E-state index in [0.29, 0.717) is 13.0 Å². The Labute approximate surface area is 76.8 Å². The van der Waals surface area contributed by atoms with Gasteiger partial charge in [-0.05, 0) is 6.42 Å². The predicted octanol–water partition coefficient (Wildman–Crippen LogP) is -0.892. The van der Waals surface area contributed by atoms with Crippen LogP contribution in [-0.4, -0.2) is 42.5 Å². The van der Waals surface area contributed by atoms with Crippen LogP contribution in [0.15, 0.2) is 0 Å². The Morgan fingerprint density at radius 2 is 2.15 bits per heavy atom. The lowest BCUT2D eigenvalue weighted by atomic mass is 10.2. The molecule has 1 fully saturated rings. The predicted molar refractivity (Wildman–Crippen MR) is 45.8 cm³/mol. The van der Waals surface area contributed by atoms with Crippen LogP contribution in [0.2, 0.25) is 0 Å². The van der Waals surface area contributed by atoms with Crippen LogP contribution in [0.4, 0.5) is 0 Å². The summed E-state index contributed by atoms with van der Waals surface area (Å²) in [4.78, 5) is 23.7. The lowest BCUT2D eigenvalue weighted by Gasteiger charge is -2.20. The van der Waals surface area contributed by atoms with Crippen LogP contribution < -0.4 is 5.73 Å². The summed E-state index contributed by atoms with van der Waals surface area (Å²) in [6.45, 7) is 1.86. The number of amides is 1. The molecule has 1 aliphatic rings. The Morgan fingerprint density at radius 3 is 2.62 bits per heavy atom. The van der Waals surface area contributed by atoms with Gasteiger partial charge in [0.15, 0.2) is 0 Å². The molecule has 0 aromatic rings. The van der Waals surface area contributed by atoms with E-state index in [-0.39, 0.29) is 17.9 Å². The Hall–Kier alpha value is -1.10. The molecular weight excluding hydrogens is 172 g/mol. The van der Waals surface area contributed by atoms with Crippen LogP contribution in [0.25, 0.3) is 0 Å². The highest BCUT2D eigenvalue weighted by molar-refractivity contribution is 5.84. The number of hydrogen-bond donors (Lipinski definition) is 1. The van der Waals surface area contributed by atoms with Gasteiger partial charge in [-0.3, -0.25) is 4.79 Å². The average Bonchev–Trinajstić information content (AvgIpc) is 2.46. The molecule has 2 atom stereocenters. The minimum absolute atomic E-state index is 0.118. The number of rotatable bonds is 1. The molecule has 0 spiro atoms. The van der Waals surface area contributed by atoms with Gasteiger partial charge < -0.3 is 15.4 Å². The molecule has 74 valence electrons. The van der Waals surface area contributed by atoms with E-state index < -0.39 is 6.04 Å². The molecule has 1 aliphatic heterocycles. The van der Waals surface area contributed by atoms with Crippen molar-refractivity contribution in [3.63, 3.8) is 0 Å². The summed E-state index contributed by atoms with van der Waals surface area (Å²) in [5, 5.41) is 0. The molecule has 1 saturated heterocycles. The van der Waals surface area contributed by atoms with E-state index in [2.05, 4.69) is 4.74 Å². The van der Waals surface area contributed by atoms with E-state index >= 15 is 0 Å². The van der Waals surface area contributed by atoms with E-state index in [4.69, 9.17) is 5.73 Å². The second-order valence-corrected chi connectivity index (χ2v) is 3.21. The fraction of sp³-hybridized carbons (Fsp3) is 0.750. The molecule has 2 N–H and O–H groups in total. The van der Waals surface area contributed by atoms with Gasteiger partial charge in [-0.1, -0.05) is 0 Å². The van der Waals surface area contributed by atoms with Crippen LogP contribution in [-0.2, 0) is 14.3 Å². The Balaban J connectivity index is 2.71. The summed E-state index contributed by atoms with van der Waals surface area (Å²) in [6.07, 6.45) is 0.492. The van der Waals surface area contributed by atoms with Gasteiger partial charge in [-0.15, -0.1) is 0 Å². The highest BCUT2D eigenvalue weighted by Crippen LogP contribution is 2.17. The monoisotopic (exact) mass is 186 g/mol. The lowest BCUT2D eigenvalue weighted by Crippen LogP contribution is -2.40. The highest BCUT2D eigenvalue weighted by Gasteiger charge is 2.37. The van der Waals surface area contributed by atoms with Crippen LogP contribution in [0.3, 0.4) is 0 Å². The number of carbonyl (C=O) groups is 2. The number of carbonyl (C=O) groups excluding carboxylic acids is 2. The molecule has 0 aliphatic carbocycles. The maximum atomic E-state index is 11.2. The van der Waals surface area contributed by atoms with Crippen LogP contribution in [0.1, 0.15) is 13.3 Å². The SMILES string of the molecule is COC(=O)C1CC(N)CN1C(C)=O. The minimum atomic E-state index is -0.488. The number of methoxy groups -OCH3 is 1. The largest absolute Gasteiger partial charge is 0.467 e. The van der Waals surface area contributed by atoms with Gasteiger partial charge in [0.05, 0.1) is 7.11 Å². The molecule has 0 saturated carbocycles. The summed E-state index contributed by atoms with van der Waals surface area (Å²) in [5.74, 6) is -0.522. The number of ether oxygens (including phenoxy) is 1.